The van der Waals surface area contributed by atoms with Crippen LogP contribution in [0.1, 0.15) is 58.7 Å². The smallest absolute Gasteiger partial charge is 0.114 e. The Morgan fingerprint density at radius 3 is 2.55 bits per heavy atom. The third-order valence-corrected chi connectivity index (χ3v) is 6.60. The maximum atomic E-state index is 5.03. The van der Waals surface area contributed by atoms with Crippen molar-refractivity contribution in [3.63, 3.8) is 0 Å². The van der Waals surface area contributed by atoms with E-state index in [0.717, 1.165) is 12.3 Å². The first-order valence-corrected chi connectivity index (χ1v) is 9.56. The highest BCUT2D eigenvalue weighted by molar-refractivity contribution is 7.99. The number of thioether (sulfide) groups is 1. The number of nitrogens with zero attached hydrogens (tertiary/aromatic N) is 1. The molecule has 2 heterocycles. The molecule has 0 saturated carbocycles. The number of hydrogen-bond acceptors (Lipinski definition) is 4. The molecule has 2 nitrogen and oxygen atoms in total. The highest BCUT2D eigenvalue weighted by Crippen LogP contribution is 2.49. The molecule has 1 aromatic heterocycles. The molecule has 0 amide bonds. The largest absolute Gasteiger partial charge is 0.305 e. The van der Waals surface area contributed by atoms with Crippen LogP contribution in [0.3, 0.4) is 0 Å². The summed E-state index contributed by atoms with van der Waals surface area (Å²) in [6.07, 6.45) is 1.25. The molecule has 1 aliphatic heterocycles. The predicted molar refractivity (Wildman–Crippen MR) is 91.9 cm³/mol. The molecule has 20 heavy (non-hydrogen) atoms. The number of thiazole rings is 1. The third kappa shape index (κ3) is 2.79. The van der Waals surface area contributed by atoms with E-state index in [1.807, 2.05) is 11.3 Å². The molecule has 2 rings (SSSR count). The minimum Gasteiger partial charge on any atom is -0.305 e. The van der Waals surface area contributed by atoms with Crippen LogP contribution < -0.4 is 5.32 Å². The number of hydrogen-bond donors (Lipinski definition) is 1. The molecule has 1 aliphatic rings. The minimum atomic E-state index is 0.0266. The Hall–Kier alpha value is -0.0600. The van der Waals surface area contributed by atoms with E-state index in [2.05, 4.69) is 64.0 Å². The van der Waals surface area contributed by atoms with E-state index in [4.69, 9.17) is 4.98 Å². The Labute approximate surface area is 132 Å². The van der Waals surface area contributed by atoms with Crippen LogP contribution in [-0.2, 0) is 11.0 Å². The first kappa shape index (κ1) is 16.3. The summed E-state index contributed by atoms with van der Waals surface area (Å²) in [6.45, 7) is 14.7. The fraction of sp³-hybridized carbons (Fsp3) is 0.812. The minimum absolute atomic E-state index is 0.0266. The molecule has 0 aromatic carbocycles. The molecule has 0 radical (unpaired) electrons. The Bertz CT molecular complexity index is 455. The molecule has 1 saturated heterocycles. The van der Waals surface area contributed by atoms with E-state index in [1.165, 1.54) is 22.9 Å². The summed E-state index contributed by atoms with van der Waals surface area (Å²) in [5, 5.41) is 7.33. The molecule has 0 spiro atoms. The highest BCUT2D eigenvalue weighted by atomic mass is 32.2. The van der Waals surface area contributed by atoms with Crippen molar-refractivity contribution in [3.8, 4) is 0 Å². The van der Waals surface area contributed by atoms with E-state index in [0.29, 0.717) is 0 Å². The predicted octanol–water partition coefficient (Wildman–Crippen LogP) is 4.41. The van der Waals surface area contributed by atoms with E-state index < -0.39 is 0 Å². The van der Waals surface area contributed by atoms with Crippen LogP contribution in [0.4, 0.5) is 0 Å². The maximum Gasteiger partial charge on any atom is 0.114 e. The van der Waals surface area contributed by atoms with Gasteiger partial charge >= 0.3 is 0 Å². The van der Waals surface area contributed by atoms with Crippen LogP contribution in [0, 0.1) is 5.41 Å². The van der Waals surface area contributed by atoms with E-state index in [9.17, 15) is 0 Å². The van der Waals surface area contributed by atoms with Gasteiger partial charge in [0, 0.05) is 16.5 Å². The fourth-order valence-corrected chi connectivity index (χ4v) is 6.02. The Morgan fingerprint density at radius 1 is 1.35 bits per heavy atom. The van der Waals surface area contributed by atoms with Gasteiger partial charge in [0.2, 0.25) is 0 Å². The molecular weight excluding hydrogens is 284 g/mol. The maximum absolute atomic E-state index is 5.03. The lowest BCUT2D eigenvalue weighted by Crippen LogP contribution is -2.57. The summed E-state index contributed by atoms with van der Waals surface area (Å²) < 4.78 is 0. The van der Waals surface area contributed by atoms with Gasteiger partial charge in [-0.15, -0.1) is 11.3 Å². The topological polar surface area (TPSA) is 24.9 Å². The van der Waals surface area contributed by atoms with Crippen molar-refractivity contribution in [2.75, 3.05) is 18.1 Å². The number of nitrogens with one attached hydrogen (secondary N) is 1. The van der Waals surface area contributed by atoms with E-state index in [1.54, 1.807) is 0 Å². The molecule has 114 valence electrons. The highest BCUT2D eigenvalue weighted by Gasteiger charge is 2.49. The van der Waals surface area contributed by atoms with Gasteiger partial charge in [0.15, 0.2) is 0 Å². The lowest BCUT2D eigenvalue weighted by Gasteiger charge is -2.49. The molecule has 4 heteroatoms. The number of aromatic nitrogens is 1. The zero-order valence-corrected chi connectivity index (χ0v) is 15.3. The van der Waals surface area contributed by atoms with Crippen LogP contribution in [0.5, 0.6) is 0 Å². The van der Waals surface area contributed by atoms with Crippen LogP contribution in [0.25, 0.3) is 0 Å². The first-order chi connectivity index (χ1) is 9.23. The first-order valence-electron chi connectivity index (χ1n) is 7.52. The van der Waals surface area contributed by atoms with Gasteiger partial charge in [-0.3, -0.25) is 0 Å². The van der Waals surface area contributed by atoms with Crippen LogP contribution in [-0.4, -0.2) is 23.0 Å². The summed E-state index contributed by atoms with van der Waals surface area (Å²) in [6, 6.07) is 0. The third-order valence-electron chi connectivity index (χ3n) is 4.46. The normalized spacial score (nSPS) is 26.7. The average molecular weight is 313 g/mol. The van der Waals surface area contributed by atoms with Crippen molar-refractivity contribution in [1.29, 1.82) is 0 Å². The van der Waals surface area contributed by atoms with E-state index >= 15 is 0 Å². The SMILES string of the molecule is CCNC1(c2nc(C(C)(C)C)cs2)CSCCC1(C)C. The Kier molecular flexibility index (Phi) is 4.58. The molecule has 1 aromatic rings. The molecule has 0 bridgehead atoms. The van der Waals surface area contributed by atoms with Gasteiger partial charge in [0.25, 0.3) is 0 Å². The summed E-state index contributed by atoms with van der Waals surface area (Å²) >= 11 is 3.90. The monoisotopic (exact) mass is 312 g/mol. The van der Waals surface area contributed by atoms with Gasteiger partial charge in [-0.1, -0.05) is 41.5 Å². The van der Waals surface area contributed by atoms with Crippen molar-refractivity contribution >= 4 is 23.1 Å². The van der Waals surface area contributed by atoms with Gasteiger partial charge in [-0.25, -0.2) is 4.98 Å². The van der Waals surface area contributed by atoms with Crippen molar-refractivity contribution in [3.05, 3.63) is 16.1 Å². The fourth-order valence-electron chi connectivity index (χ4n) is 2.79. The second-order valence-electron chi connectivity index (χ2n) is 7.41. The lowest BCUT2D eigenvalue weighted by atomic mass is 9.71. The number of rotatable bonds is 3. The van der Waals surface area contributed by atoms with Crippen molar-refractivity contribution < 1.29 is 0 Å². The van der Waals surface area contributed by atoms with Crippen molar-refractivity contribution in [1.82, 2.24) is 10.3 Å². The zero-order chi connectivity index (χ0) is 15.0. The van der Waals surface area contributed by atoms with Gasteiger partial charge in [0.1, 0.15) is 5.01 Å². The average Bonchev–Trinajstić information content (AvgIpc) is 2.81. The summed E-state index contributed by atoms with van der Waals surface area (Å²) in [5.41, 5.74) is 1.63. The summed E-state index contributed by atoms with van der Waals surface area (Å²) in [5.74, 6) is 2.39. The molecule has 1 N–H and O–H groups in total. The van der Waals surface area contributed by atoms with E-state index in [-0.39, 0.29) is 16.4 Å². The Morgan fingerprint density at radius 2 is 2.05 bits per heavy atom. The second kappa shape index (κ2) is 5.62. The van der Waals surface area contributed by atoms with Crippen LogP contribution in [0.2, 0.25) is 0 Å². The van der Waals surface area contributed by atoms with Crippen molar-refractivity contribution in [2.45, 2.75) is 58.9 Å². The van der Waals surface area contributed by atoms with Gasteiger partial charge in [-0.05, 0) is 24.1 Å². The van der Waals surface area contributed by atoms with Gasteiger partial charge in [0.05, 0.1) is 11.2 Å². The standard InChI is InChI=1S/C16H28N2S2/c1-7-17-16(11-19-9-8-15(16,5)6)13-18-12(10-20-13)14(2,3)4/h10,17H,7-9,11H2,1-6H3. The summed E-state index contributed by atoms with van der Waals surface area (Å²) in [7, 11) is 0. The molecule has 1 fully saturated rings. The zero-order valence-electron chi connectivity index (χ0n) is 13.7. The molecule has 1 atom stereocenters. The molecule has 1 unspecified atom stereocenters. The second-order valence-corrected chi connectivity index (χ2v) is 9.37. The summed E-state index contributed by atoms with van der Waals surface area (Å²) in [4.78, 5) is 5.03. The van der Waals surface area contributed by atoms with Gasteiger partial charge in [-0.2, -0.15) is 11.8 Å². The molecule has 0 aliphatic carbocycles. The van der Waals surface area contributed by atoms with Crippen LogP contribution in [0.15, 0.2) is 5.38 Å². The molecular formula is C16H28N2S2. The lowest BCUT2D eigenvalue weighted by molar-refractivity contribution is 0.130. The quantitative estimate of drug-likeness (QED) is 0.895. The van der Waals surface area contributed by atoms with Crippen molar-refractivity contribution in [2.24, 2.45) is 5.41 Å². The van der Waals surface area contributed by atoms with Gasteiger partial charge < -0.3 is 5.32 Å². The van der Waals surface area contributed by atoms with Crippen LogP contribution >= 0.6 is 23.1 Å². The Balaban J connectivity index is 2.45.